The van der Waals surface area contributed by atoms with E-state index in [4.69, 9.17) is 0 Å². The predicted molar refractivity (Wildman–Crippen MR) is 253 cm³/mol. The number of halogens is 10. The van der Waals surface area contributed by atoms with Gasteiger partial charge in [-0.3, -0.25) is 74.1 Å². The van der Waals surface area contributed by atoms with Crippen LogP contribution in [0.25, 0.3) is 0 Å². The topological polar surface area (TPSA) is 216 Å². The highest BCUT2D eigenvalue weighted by atomic mass is 79.9. The first-order valence-electron chi connectivity index (χ1n) is 13.7. The molecule has 15 nitrogen and oxygen atoms in total. The van der Waals surface area contributed by atoms with Crippen LogP contribution in [0.4, 0.5) is 52.0 Å². The van der Waals surface area contributed by atoms with E-state index in [-0.39, 0.29) is 52.0 Å². The summed E-state index contributed by atoms with van der Waals surface area (Å²) in [6, 6.07) is 23.4. The maximum absolute atomic E-state index is 10.3. The van der Waals surface area contributed by atoms with Crippen LogP contribution >= 0.6 is 143 Å². The largest absolute Gasteiger partial charge is 0.284 e. The van der Waals surface area contributed by atoms with Gasteiger partial charge in [0.15, 0.2) is 0 Å². The van der Waals surface area contributed by atoms with Crippen LogP contribution < -0.4 is 0 Å². The molecule has 5 rings (SSSR count). The molecule has 0 atom stereocenters. The van der Waals surface area contributed by atoms with E-state index in [9.17, 15) is 50.6 Å². The molecule has 0 saturated heterocycles. The monoisotopic (exact) mass is 1260 g/mol. The number of benzene rings is 5. The fourth-order valence-corrected chi connectivity index (χ4v) is 6.15. The van der Waals surface area contributed by atoms with Crippen molar-refractivity contribution in [1.29, 1.82) is 0 Å². The zero-order valence-electron chi connectivity index (χ0n) is 28.6. The molecule has 0 saturated carbocycles. The zero-order chi connectivity index (χ0) is 42.2. The number of hydrogen-bond donors (Lipinski definition) is 5. The SMILES string of the molecule is F.F.F.F.F.O=[N+]([O-])c1cc(S)ccc1Br.O=[N+]([O-])c1cc(S)ccc1Br.O=[N+]([O-])c1cc(S)ccc1Br.O=[N+]([O-])c1cc(S)ccc1Br.O=[N+]([O-])c1cc(S)ccc1Br. The molecule has 0 spiro atoms. The first kappa shape index (κ1) is 66.0. The van der Waals surface area contributed by atoms with Gasteiger partial charge in [0, 0.05) is 54.8 Å². The van der Waals surface area contributed by atoms with E-state index >= 15 is 0 Å². The molecular weight excluding hydrogens is 1250 g/mol. The van der Waals surface area contributed by atoms with E-state index in [0.717, 1.165) is 0 Å². The number of rotatable bonds is 5. The molecule has 0 heterocycles. The Labute approximate surface area is 404 Å². The third-order valence-corrected chi connectivity index (χ3v) is 10.4. The number of nitro benzene ring substituents is 5. The van der Waals surface area contributed by atoms with Gasteiger partial charge in [-0.05, 0) is 140 Å². The molecule has 0 aromatic heterocycles. The van der Waals surface area contributed by atoms with Crippen molar-refractivity contribution in [2.24, 2.45) is 0 Å². The van der Waals surface area contributed by atoms with Crippen LogP contribution in [-0.4, -0.2) is 24.6 Å². The van der Waals surface area contributed by atoms with Crippen LogP contribution in [0, 0.1) is 50.6 Å². The van der Waals surface area contributed by atoms with Gasteiger partial charge in [-0.25, -0.2) is 0 Å². The van der Waals surface area contributed by atoms with Crippen molar-refractivity contribution in [2.45, 2.75) is 24.5 Å². The van der Waals surface area contributed by atoms with Gasteiger partial charge in [0.1, 0.15) is 0 Å². The zero-order valence-corrected chi connectivity index (χ0v) is 41.0. The molecule has 60 heavy (non-hydrogen) atoms. The third-order valence-electron chi connectivity index (χ3n) is 5.63. The molecule has 0 radical (unpaired) electrons. The summed E-state index contributed by atoms with van der Waals surface area (Å²) in [5.41, 5.74) is 0.197. The van der Waals surface area contributed by atoms with Crippen LogP contribution in [-0.2, 0) is 0 Å². The smallest absolute Gasteiger partial charge is 0.269 e. The Kier molecular flexibility index (Phi) is 35.9. The van der Waals surface area contributed by atoms with E-state index < -0.39 is 24.6 Å². The van der Waals surface area contributed by atoms with E-state index in [1.807, 2.05) is 0 Å². The number of nitrogens with zero attached hydrogens (tertiary/aromatic N) is 5. The molecule has 30 heteroatoms. The second-order valence-electron chi connectivity index (χ2n) is 9.46. The third kappa shape index (κ3) is 23.8. The first-order chi connectivity index (χ1) is 25.5. The van der Waals surface area contributed by atoms with E-state index in [1.165, 1.54) is 30.3 Å². The normalized spacial score (nSPS) is 8.83. The molecule has 0 fully saturated rings. The molecule has 5 aromatic carbocycles. The summed E-state index contributed by atoms with van der Waals surface area (Å²) in [4.78, 5) is 52.2. The van der Waals surface area contributed by atoms with Crippen molar-refractivity contribution in [3.05, 3.63) is 164 Å². The molecular formula is C30H25Br5F5N5O10S5. The minimum atomic E-state index is -0.455. The Hall–Kier alpha value is -3.10. The standard InChI is InChI=1S/5C6H4BrNO2S.5FH/c5*7-5-2-1-4(11)3-6(5)8(9)10;;;;;/h5*1-3,11H;5*1H. The average molecular weight is 1270 g/mol. The molecule has 0 amide bonds. The van der Waals surface area contributed by atoms with Crippen molar-refractivity contribution in [1.82, 2.24) is 0 Å². The number of hydrogen-bond acceptors (Lipinski definition) is 15. The Balaban J connectivity index is -0.000000206. The molecule has 0 bridgehead atoms. The molecule has 0 unspecified atom stereocenters. The van der Waals surface area contributed by atoms with Crippen LogP contribution in [0.5, 0.6) is 0 Å². The van der Waals surface area contributed by atoms with E-state index in [0.29, 0.717) is 46.8 Å². The van der Waals surface area contributed by atoms with Gasteiger partial charge >= 0.3 is 0 Å². The Morgan fingerprint density at radius 3 is 0.500 bits per heavy atom. The lowest BCUT2D eigenvalue weighted by atomic mass is 10.3. The summed E-state index contributed by atoms with van der Waals surface area (Å²) >= 11 is 35.1. The first-order valence-corrected chi connectivity index (χ1v) is 19.9. The average Bonchev–Trinajstić information content (AvgIpc) is 3.10. The summed E-state index contributed by atoms with van der Waals surface area (Å²) in [5.74, 6) is 0. The Morgan fingerprint density at radius 2 is 0.417 bits per heavy atom. The summed E-state index contributed by atoms with van der Waals surface area (Å²) < 4.78 is 2.36. The van der Waals surface area contributed by atoms with E-state index in [2.05, 4.69) is 143 Å². The van der Waals surface area contributed by atoms with Crippen molar-refractivity contribution >= 4 is 171 Å². The molecule has 0 aliphatic rings. The second-order valence-corrected chi connectivity index (χ2v) is 16.3. The lowest BCUT2D eigenvalue weighted by Gasteiger charge is -1.94. The summed E-state index contributed by atoms with van der Waals surface area (Å²) in [6.07, 6.45) is 0. The Bertz CT molecular complexity index is 1890. The molecule has 330 valence electrons. The minimum absolute atomic E-state index is 0. The number of nitro groups is 5. The molecule has 0 N–H and O–H groups in total. The van der Waals surface area contributed by atoms with Gasteiger partial charge in [0.2, 0.25) is 0 Å². The van der Waals surface area contributed by atoms with Crippen LogP contribution in [0.2, 0.25) is 0 Å². The second kappa shape index (κ2) is 32.6. The fraction of sp³-hybridized carbons (Fsp3) is 0. The van der Waals surface area contributed by atoms with Gasteiger partial charge in [0.25, 0.3) is 28.4 Å². The van der Waals surface area contributed by atoms with Crippen molar-refractivity contribution in [3.63, 3.8) is 0 Å². The minimum Gasteiger partial charge on any atom is -0.269 e. The lowest BCUT2D eigenvalue weighted by molar-refractivity contribution is -0.386. The van der Waals surface area contributed by atoms with Crippen LogP contribution in [0.15, 0.2) is 138 Å². The van der Waals surface area contributed by atoms with Gasteiger partial charge < -0.3 is 0 Å². The van der Waals surface area contributed by atoms with Gasteiger partial charge in [-0.2, -0.15) is 0 Å². The molecule has 5 aromatic rings. The van der Waals surface area contributed by atoms with Crippen LogP contribution in [0.1, 0.15) is 0 Å². The highest BCUT2D eigenvalue weighted by molar-refractivity contribution is 9.11. The predicted octanol–water partition coefficient (Wildman–Crippen LogP) is 14.0. The number of thiol groups is 5. The maximum Gasteiger partial charge on any atom is 0.284 e. The van der Waals surface area contributed by atoms with Gasteiger partial charge in [-0.1, -0.05) is 0 Å². The van der Waals surface area contributed by atoms with Crippen molar-refractivity contribution < 1.29 is 48.1 Å². The maximum atomic E-state index is 10.3. The highest BCUT2D eigenvalue weighted by Crippen LogP contribution is 2.30. The van der Waals surface area contributed by atoms with Gasteiger partial charge in [-0.15, -0.1) is 63.1 Å². The Morgan fingerprint density at radius 1 is 0.300 bits per heavy atom. The summed E-state index contributed by atoms with van der Waals surface area (Å²) in [7, 11) is 0. The summed E-state index contributed by atoms with van der Waals surface area (Å²) in [6.45, 7) is 0. The lowest BCUT2D eigenvalue weighted by Crippen LogP contribution is -1.88. The van der Waals surface area contributed by atoms with Crippen molar-refractivity contribution in [3.8, 4) is 0 Å². The quantitative estimate of drug-likeness (QED) is 0.0485. The van der Waals surface area contributed by atoms with Crippen LogP contribution in [0.3, 0.4) is 0 Å². The van der Waals surface area contributed by atoms with Gasteiger partial charge in [0.05, 0.1) is 47.0 Å². The van der Waals surface area contributed by atoms with Crippen molar-refractivity contribution in [2.75, 3.05) is 0 Å². The van der Waals surface area contributed by atoms with E-state index in [1.54, 1.807) is 60.7 Å². The molecule has 0 aliphatic heterocycles. The highest BCUT2D eigenvalue weighted by Gasteiger charge is 2.13. The molecule has 0 aliphatic carbocycles. The summed E-state index contributed by atoms with van der Waals surface area (Å²) in [5, 5.41) is 51.6. The fourth-order valence-electron chi connectivity index (χ4n) is 3.20.